The Kier molecular flexibility index (Phi) is 46.0. The number of halogens is 1. The van der Waals surface area contributed by atoms with Crippen molar-refractivity contribution in [3.05, 3.63) is 10.4 Å². The smallest absolute Gasteiger partial charge is 0.243 e. The third-order valence-electron chi connectivity index (χ3n) is 16.4. The molecule has 3 aliphatic carbocycles. The van der Waals surface area contributed by atoms with Crippen molar-refractivity contribution < 1.29 is 62.0 Å². The zero-order chi connectivity index (χ0) is 67.0. The van der Waals surface area contributed by atoms with Gasteiger partial charge in [0.2, 0.25) is 41.4 Å². The van der Waals surface area contributed by atoms with Gasteiger partial charge in [-0.25, -0.2) is 0 Å². The maximum Gasteiger partial charge on any atom is 0.243 e. The van der Waals surface area contributed by atoms with Crippen molar-refractivity contribution in [2.75, 3.05) is 105 Å². The Hall–Kier alpha value is -6.54. The minimum absolute atomic E-state index is 0. The van der Waals surface area contributed by atoms with Crippen LogP contribution in [0.2, 0.25) is 0 Å². The summed E-state index contributed by atoms with van der Waals surface area (Å²) in [6, 6.07) is -6.90. The molecule has 0 aliphatic heterocycles. The molecule has 0 spiro atoms. The predicted molar refractivity (Wildman–Crippen MR) is 353 cm³/mol. The molecule has 0 radical (unpaired) electrons. The molecule has 6 atom stereocenters. The molecule has 3 rings (SSSR count). The van der Waals surface area contributed by atoms with Crippen molar-refractivity contribution >= 4 is 71.6 Å². The number of ether oxygens (including phenoxy) is 6. The molecule has 0 saturated heterocycles. The number of primary amides is 1. The summed E-state index contributed by atoms with van der Waals surface area (Å²) in [5.74, 6) is -5.02. The van der Waals surface area contributed by atoms with E-state index in [-0.39, 0.29) is 145 Å². The highest BCUT2D eigenvalue weighted by molar-refractivity contribution is 5.97. The predicted octanol–water partition coefficient (Wildman–Crippen LogP) is 1.30. The van der Waals surface area contributed by atoms with Crippen LogP contribution in [0.1, 0.15) is 161 Å². The molecule has 32 nitrogen and oxygen atoms in total. The van der Waals surface area contributed by atoms with Gasteiger partial charge in [-0.1, -0.05) is 101 Å². The zero-order valence-corrected chi connectivity index (χ0v) is 55.4. The highest BCUT2D eigenvalue weighted by Gasteiger charge is 2.36. The summed E-state index contributed by atoms with van der Waals surface area (Å²) in [4.78, 5) is 102. The first-order valence-electron chi connectivity index (χ1n) is 33.3. The quantitative estimate of drug-likeness (QED) is 0.0102. The third kappa shape index (κ3) is 40.4. The Balaban J connectivity index is 0.0000295. The number of hydrogen-bond donors (Lipinski definition) is 16. The van der Waals surface area contributed by atoms with Gasteiger partial charge in [-0.3, -0.25) is 49.8 Å². The van der Waals surface area contributed by atoms with Gasteiger partial charge in [-0.2, -0.15) is 0 Å². The van der Waals surface area contributed by atoms with Crippen LogP contribution in [0.4, 0.5) is 0 Å². The Morgan fingerprint density at radius 3 is 1.01 bits per heavy atom. The number of nitrogens with two attached hydrogens (primary N) is 4. The van der Waals surface area contributed by atoms with Crippen LogP contribution in [0.5, 0.6) is 0 Å². The van der Waals surface area contributed by atoms with Gasteiger partial charge in [0.05, 0.1) is 79.3 Å². The van der Waals surface area contributed by atoms with Gasteiger partial charge in [0.15, 0.2) is 17.9 Å². The molecular formula is C60H112ClN19O13. The molecule has 3 aliphatic rings. The number of carbonyl (C=O) groups excluding carboxylic acids is 7. The lowest BCUT2D eigenvalue weighted by atomic mass is 9.84. The number of amides is 7. The van der Waals surface area contributed by atoms with Crippen molar-refractivity contribution in [3.8, 4) is 0 Å². The van der Waals surface area contributed by atoms with Crippen molar-refractivity contribution in [1.29, 1.82) is 16.2 Å². The first kappa shape index (κ1) is 82.6. The van der Waals surface area contributed by atoms with E-state index >= 15 is 0 Å². The maximum absolute atomic E-state index is 14.9. The average Bonchev–Trinajstić information content (AvgIpc) is 1.09. The third-order valence-corrected chi connectivity index (χ3v) is 16.4. The molecule has 93 heavy (non-hydrogen) atoms. The molecule has 20 N–H and O–H groups in total. The van der Waals surface area contributed by atoms with Crippen LogP contribution in [0, 0.1) is 34.0 Å². The first-order valence-corrected chi connectivity index (χ1v) is 33.3. The number of carbonyl (C=O) groups is 7. The van der Waals surface area contributed by atoms with Gasteiger partial charge >= 0.3 is 0 Å². The average molecular weight is 1340 g/mol. The van der Waals surface area contributed by atoms with Crippen LogP contribution in [0.25, 0.3) is 10.4 Å². The summed E-state index contributed by atoms with van der Waals surface area (Å²) in [7, 11) is 0. The van der Waals surface area contributed by atoms with E-state index in [1.807, 2.05) is 0 Å². The standard InChI is InChI=1S/C60H111N19O13.ClH/c61-52(81)45(19-10-23-69-58(62)63)74-56(85)49(40-43-15-6-2-7-16-43)77-54(83)47(21-12-25-71-60(66)67)76-57(86)50(41-44-17-8-3-9-18-44)78-53(82)46(20-11-24-70-59(64)65)75-55(84)48(39-42-13-4-1-5-14-42)73-51(80)22-27-87-29-31-89-33-35-91-37-38-92-36-34-90-32-30-88-28-26-72-79-68;/h42-50H,1-41H2,(H2,61,81)(H,73,80)(H,74,85)(H,75,84)(H,76,86)(H,77,83)(H,78,82)(H4,62,63,69)(H4,64,65,70)(H4,66,67,71);1H/t45-,46-,47-,48+,49+,50+;/m1./s1. The normalized spacial score (nSPS) is 16.4. The SMILES string of the molecule is Cl.[N-]=[N+]=NCCOCCOCCOCCOCCOCCOCCC(=O)N[C@@H](CC1CCCCC1)C(=O)N[C@H](CCCNC(=N)N)C(=O)N[C@@H](CC1CCCCC1)C(=O)N[C@H](CCCNC(=N)N)C(=O)N[C@@H](CC1CCCCC1)C(=O)N[C@H](CCCNC(=N)N)C(N)=O. The van der Waals surface area contributed by atoms with Gasteiger partial charge < -0.3 is 99.2 Å². The number of azide groups is 1. The van der Waals surface area contributed by atoms with Crippen molar-refractivity contribution in [2.45, 2.75) is 197 Å². The second-order valence-corrected chi connectivity index (χ2v) is 23.9. The molecule has 0 bridgehead atoms. The maximum atomic E-state index is 14.9. The Morgan fingerprint density at radius 2 is 0.688 bits per heavy atom. The Bertz CT molecular complexity index is 2240. The summed E-state index contributed by atoms with van der Waals surface area (Å²) in [5.41, 5.74) is 30.6. The molecule has 532 valence electrons. The first-order chi connectivity index (χ1) is 44.4. The molecule has 7 amide bonds. The van der Waals surface area contributed by atoms with E-state index in [0.29, 0.717) is 72.3 Å². The summed E-state index contributed by atoms with van der Waals surface area (Å²) < 4.78 is 33.0. The second-order valence-electron chi connectivity index (χ2n) is 23.9. The van der Waals surface area contributed by atoms with Crippen LogP contribution < -0.4 is 70.8 Å². The van der Waals surface area contributed by atoms with E-state index in [4.69, 9.17) is 73.1 Å². The van der Waals surface area contributed by atoms with Crippen LogP contribution in [0.15, 0.2) is 5.11 Å². The van der Waals surface area contributed by atoms with Gasteiger partial charge in [0.25, 0.3) is 0 Å². The topological polar surface area (TPSA) is 508 Å². The summed E-state index contributed by atoms with van der Waals surface area (Å²) >= 11 is 0. The van der Waals surface area contributed by atoms with E-state index in [0.717, 1.165) is 96.3 Å². The van der Waals surface area contributed by atoms with Gasteiger partial charge in [-0.05, 0) is 81.1 Å². The fourth-order valence-corrected chi connectivity index (χ4v) is 11.5. The van der Waals surface area contributed by atoms with E-state index < -0.39 is 77.6 Å². The van der Waals surface area contributed by atoms with E-state index in [2.05, 4.69) is 57.9 Å². The Morgan fingerprint density at radius 1 is 0.409 bits per heavy atom. The summed E-state index contributed by atoms with van der Waals surface area (Å²) in [6.45, 7) is 4.80. The van der Waals surface area contributed by atoms with Crippen LogP contribution in [-0.4, -0.2) is 201 Å². The lowest BCUT2D eigenvalue weighted by Gasteiger charge is -2.31. The van der Waals surface area contributed by atoms with Crippen LogP contribution >= 0.6 is 12.4 Å². The van der Waals surface area contributed by atoms with E-state index in [1.165, 1.54) is 0 Å². The molecule has 0 unspecified atom stereocenters. The minimum Gasteiger partial charge on any atom is -0.379 e. The minimum atomic E-state index is -1.26. The molecule has 3 saturated carbocycles. The fourth-order valence-electron chi connectivity index (χ4n) is 11.5. The lowest BCUT2D eigenvalue weighted by molar-refractivity contribution is -0.136. The number of hydrogen-bond acceptors (Lipinski definition) is 17. The largest absolute Gasteiger partial charge is 0.379 e. The number of nitrogens with zero attached hydrogens (tertiary/aromatic N) is 3. The summed E-state index contributed by atoms with van der Waals surface area (Å²) in [5, 5.41) is 51.6. The fraction of sp³-hybridized carbons (Fsp3) is 0.833. The molecular weight excluding hydrogens is 1230 g/mol. The van der Waals surface area contributed by atoms with Crippen LogP contribution in [-0.2, 0) is 62.0 Å². The molecule has 0 heterocycles. The molecule has 0 aromatic carbocycles. The Labute approximate surface area is 554 Å². The molecule has 0 aromatic rings. The monoisotopic (exact) mass is 1340 g/mol. The van der Waals surface area contributed by atoms with E-state index in [9.17, 15) is 33.6 Å². The zero-order valence-electron chi connectivity index (χ0n) is 54.6. The van der Waals surface area contributed by atoms with E-state index in [1.54, 1.807) is 0 Å². The number of guanidine groups is 3. The van der Waals surface area contributed by atoms with Crippen molar-refractivity contribution in [2.24, 2.45) is 45.8 Å². The summed E-state index contributed by atoms with van der Waals surface area (Å²) in [6.07, 6.45) is 15.6. The van der Waals surface area contributed by atoms with Crippen molar-refractivity contribution in [1.82, 2.24) is 47.9 Å². The lowest BCUT2D eigenvalue weighted by Crippen LogP contribution is -2.60. The van der Waals surface area contributed by atoms with Gasteiger partial charge in [0, 0.05) is 37.5 Å². The molecule has 0 aromatic heterocycles. The number of rotatable bonds is 51. The van der Waals surface area contributed by atoms with Gasteiger partial charge in [0.1, 0.15) is 36.3 Å². The second kappa shape index (κ2) is 51.8. The molecule has 3 fully saturated rings. The highest BCUT2D eigenvalue weighted by Crippen LogP contribution is 2.30. The van der Waals surface area contributed by atoms with Crippen LogP contribution in [0.3, 0.4) is 0 Å². The molecule has 33 heteroatoms. The van der Waals surface area contributed by atoms with Gasteiger partial charge in [-0.15, -0.1) is 12.4 Å². The highest BCUT2D eigenvalue weighted by atomic mass is 35.5. The number of nitrogens with one attached hydrogen (secondary N) is 12. The van der Waals surface area contributed by atoms with Crippen molar-refractivity contribution in [3.63, 3.8) is 0 Å².